The van der Waals surface area contributed by atoms with Crippen LogP contribution in [0.4, 0.5) is 5.82 Å². The molecule has 2 aliphatic rings. The van der Waals surface area contributed by atoms with E-state index in [9.17, 15) is 9.59 Å². The zero-order chi connectivity index (χ0) is 20.4. The Labute approximate surface area is 170 Å². The number of anilines is 1. The Morgan fingerprint density at radius 3 is 2.69 bits per heavy atom. The van der Waals surface area contributed by atoms with Crippen molar-refractivity contribution in [1.29, 1.82) is 0 Å². The highest BCUT2D eigenvalue weighted by molar-refractivity contribution is 5.95. The smallest absolute Gasteiger partial charge is 0.246 e. The minimum atomic E-state index is -0.272. The van der Waals surface area contributed by atoms with Crippen LogP contribution in [0.2, 0.25) is 0 Å². The van der Waals surface area contributed by atoms with E-state index in [0.29, 0.717) is 24.8 Å². The lowest BCUT2D eigenvalue weighted by Gasteiger charge is -2.25. The minimum absolute atomic E-state index is 0.0309. The molecule has 2 amide bonds. The van der Waals surface area contributed by atoms with Crippen LogP contribution in [0.25, 0.3) is 5.57 Å². The van der Waals surface area contributed by atoms with Gasteiger partial charge in [0, 0.05) is 30.8 Å². The summed E-state index contributed by atoms with van der Waals surface area (Å²) in [5.41, 5.74) is 4.43. The molecule has 0 unspecified atom stereocenters. The second-order valence-electron chi connectivity index (χ2n) is 7.78. The molecule has 0 spiro atoms. The number of amides is 2. The van der Waals surface area contributed by atoms with Crippen LogP contribution < -0.4 is 5.32 Å². The Kier molecular flexibility index (Phi) is 5.34. The summed E-state index contributed by atoms with van der Waals surface area (Å²) >= 11 is 0. The molecule has 6 heteroatoms. The van der Waals surface area contributed by atoms with E-state index in [-0.39, 0.29) is 17.7 Å². The normalized spacial score (nSPS) is 17.4. The molecule has 1 fully saturated rings. The lowest BCUT2D eigenvalue weighted by Crippen LogP contribution is -2.33. The summed E-state index contributed by atoms with van der Waals surface area (Å²) in [5, 5.41) is 10.1. The fourth-order valence-corrected chi connectivity index (χ4v) is 3.64. The monoisotopic (exact) mass is 390 g/mol. The van der Waals surface area contributed by atoms with Gasteiger partial charge in [-0.2, -0.15) is 5.10 Å². The lowest BCUT2D eigenvalue weighted by molar-refractivity contribution is -0.125. The Morgan fingerprint density at radius 1 is 1.31 bits per heavy atom. The highest BCUT2D eigenvalue weighted by atomic mass is 16.2. The Balaban J connectivity index is 1.37. The number of carbonyl (C=O) groups excluding carboxylic acids is 2. The van der Waals surface area contributed by atoms with Gasteiger partial charge in [-0.25, -0.2) is 0 Å². The van der Waals surface area contributed by atoms with Gasteiger partial charge in [-0.3, -0.25) is 14.7 Å². The van der Waals surface area contributed by atoms with E-state index < -0.39 is 0 Å². The number of H-pyrrole nitrogens is 1. The average molecular weight is 390 g/mol. The molecule has 1 aliphatic heterocycles. The Hall–Kier alpha value is -3.15. The van der Waals surface area contributed by atoms with Crippen LogP contribution in [-0.2, 0) is 9.59 Å². The molecule has 150 valence electrons. The molecule has 2 aromatic rings. The molecule has 1 atom stereocenters. The lowest BCUT2D eigenvalue weighted by atomic mass is 9.94. The maximum absolute atomic E-state index is 12.6. The van der Waals surface area contributed by atoms with E-state index in [0.717, 1.165) is 23.2 Å². The SMILES string of the molecule is C=CC(=O)N1CC=C(c2ccc([C@H](C)C(=O)Nc3cc(C4CC4)[nH]n3)cc2)CC1. The quantitative estimate of drug-likeness (QED) is 0.736. The summed E-state index contributed by atoms with van der Waals surface area (Å²) in [6, 6.07) is 10.0. The van der Waals surface area contributed by atoms with Crippen LogP contribution in [0.5, 0.6) is 0 Å². The van der Waals surface area contributed by atoms with Crippen molar-refractivity contribution in [2.24, 2.45) is 0 Å². The van der Waals surface area contributed by atoms with Crippen molar-refractivity contribution in [2.45, 2.75) is 38.0 Å². The average Bonchev–Trinajstić information content (AvgIpc) is 3.52. The molecule has 1 saturated carbocycles. The van der Waals surface area contributed by atoms with Crippen molar-refractivity contribution in [2.75, 3.05) is 18.4 Å². The first kappa shape index (κ1) is 19.2. The number of benzene rings is 1. The van der Waals surface area contributed by atoms with Gasteiger partial charge in [-0.05, 0) is 49.0 Å². The van der Waals surface area contributed by atoms with E-state index in [1.165, 1.54) is 24.5 Å². The summed E-state index contributed by atoms with van der Waals surface area (Å²) in [6.45, 7) is 6.74. The van der Waals surface area contributed by atoms with Crippen molar-refractivity contribution in [3.05, 3.63) is 65.9 Å². The number of aromatic amines is 1. The van der Waals surface area contributed by atoms with Gasteiger partial charge in [0.05, 0.1) is 5.92 Å². The van der Waals surface area contributed by atoms with Crippen LogP contribution in [0, 0.1) is 0 Å². The van der Waals surface area contributed by atoms with Crippen molar-refractivity contribution < 1.29 is 9.59 Å². The number of aromatic nitrogens is 2. The molecule has 0 saturated heterocycles. The predicted molar refractivity (Wildman–Crippen MR) is 113 cm³/mol. The molecule has 0 bridgehead atoms. The Morgan fingerprint density at radius 2 is 2.07 bits per heavy atom. The molecular weight excluding hydrogens is 364 g/mol. The maximum Gasteiger partial charge on any atom is 0.246 e. The second-order valence-corrected chi connectivity index (χ2v) is 7.78. The molecule has 1 aromatic carbocycles. The predicted octanol–water partition coefficient (Wildman–Crippen LogP) is 3.83. The van der Waals surface area contributed by atoms with Gasteiger partial charge < -0.3 is 10.2 Å². The van der Waals surface area contributed by atoms with E-state index in [1.54, 1.807) is 4.90 Å². The van der Waals surface area contributed by atoms with E-state index in [1.807, 2.05) is 25.1 Å². The summed E-state index contributed by atoms with van der Waals surface area (Å²) in [5.74, 6) is 0.797. The van der Waals surface area contributed by atoms with Crippen molar-refractivity contribution >= 4 is 23.2 Å². The summed E-state index contributed by atoms with van der Waals surface area (Å²) in [4.78, 5) is 26.1. The van der Waals surface area contributed by atoms with Gasteiger partial charge in [-0.1, -0.05) is 36.9 Å². The molecule has 2 N–H and O–H groups in total. The first-order valence-corrected chi connectivity index (χ1v) is 10.1. The number of carbonyl (C=O) groups is 2. The number of nitrogens with one attached hydrogen (secondary N) is 2. The van der Waals surface area contributed by atoms with Gasteiger partial charge >= 0.3 is 0 Å². The molecule has 2 heterocycles. The molecule has 29 heavy (non-hydrogen) atoms. The molecule has 4 rings (SSSR count). The van der Waals surface area contributed by atoms with Gasteiger partial charge in [0.1, 0.15) is 0 Å². The largest absolute Gasteiger partial charge is 0.335 e. The van der Waals surface area contributed by atoms with Gasteiger partial charge in [0.25, 0.3) is 0 Å². The van der Waals surface area contributed by atoms with Gasteiger partial charge in [0.2, 0.25) is 11.8 Å². The molecule has 0 radical (unpaired) electrons. The summed E-state index contributed by atoms with van der Waals surface area (Å²) in [6.07, 6.45) is 6.65. The standard InChI is InChI=1S/C23H26N4O2/c1-3-22(28)27-12-10-18(11-13-27)17-6-4-16(5-7-17)15(2)23(29)24-21-14-20(25-26-21)19-8-9-19/h3-7,10,14-15,19H,1,8-9,11-13H2,2H3,(H2,24,25,26,29)/t15-/m0/s1. The highest BCUT2D eigenvalue weighted by Crippen LogP contribution is 2.39. The number of rotatable bonds is 6. The summed E-state index contributed by atoms with van der Waals surface area (Å²) in [7, 11) is 0. The Bertz CT molecular complexity index is 954. The molecule has 1 aromatic heterocycles. The number of hydrogen-bond acceptors (Lipinski definition) is 3. The second kappa shape index (κ2) is 8.07. The summed E-state index contributed by atoms with van der Waals surface area (Å²) < 4.78 is 0. The first-order valence-electron chi connectivity index (χ1n) is 10.1. The van der Waals surface area contributed by atoms with E-state index in [4.69, 9.17) is 0 Å². The van der Waals surface area contributed by atoms with Crippen LogP contribution in [-0.4, -0.2) is 40.0 Å². The zero-order valence-corrected chi connectivity index (χ0v) is 16.6. The zero-order valence-electron chi connectivity index (χ0n) is 16.6. The molecule has 6 nitrogen and oxygen atoms in total. The van der Waals surface area contributed by atoms with Gasteiger partial charge in [-0.15, -0.1) is 0 Å². The third kappa shape index (κ3) is 4.31. The fourth-order valence-electron chi connectivity index (χ4n) is 3.64. The molecule has 1 aliphatic carbocycles. The maximum atomic E-state index is 12.6. The van der Waals surface area contributed by atoms with Crippen molar-refractivity contribution in [3.8, 4) is 0 Å². The first-order chi connectivity index (χ1) is 14.0. The number of nitrogens with zero attached hydrogens (tertiary/aromatic N) is 2. The van der Waals surface area contributed by atoms with Crippen LogP contribution in [0.3, 0.4) is 0 Å². The van der Waals surface area contributed by atoms with Crippen molar-refractivity contribution in [1.82, 2.24) is 15.1 Å². The van der Waals surface area contributed by atoms with Crippen LogP contribution in [0.1, 0.15) is 54.8 Å². The minimum Gasteiger partial charge on any atom is -0.335 e. The van der Waals surface area contributed by atoms with Crippen LogP contribution >= 0.6 is 0 Å². The third-order valence-corrected chi connectivity index (χ3v) is 5.74. The highest BCUT2D eigenvalue weighted by Gasteiger charge is 2.26. The third-order valence-electron chi connectivity index (χ3n) is 5.74. The van der Waals surface area contributed by atoms with Gasteiger partial charge in [0.15, 0.2) is 5.82 Å². The van der Waals surface area contributed by atoms with E-state index >= 15 is 0 Å². The topological polar surface area (TPSA) is 78.1 Å². The molecular formula is C23H26N4O2. The van der Waals surface area contributed by atoms with Crippen molar-refractivity contribution in [3.63, 3.8) is 0 Å². The fraction of sp³-hybridized carbons (Fsp3) is 0.348. The number of hydrogen-bond donors (Lipinski definition) is 2. The van der Waals surface area contributed by atoms with E-state index in [2.05, 4.69) is 40.3 Å². The van der Waals surface area contributed by atoms with Crippen LogP contribution in [0.15, 0.2) is 49.1 Å².